The van der Waals surface area contributed by atoms with Crippen molar-refractivity contribution < 1.29 is 5.21 Å². The Balaban J connectivity index is 2.80. The minimum atomic E-state index is 0.788. The number of hydrogen-bond donors (Lipinski definition) is 1. The molecule has 0 aliphatic rings. The van der Waals surface area contributed by atoms with Crippen LogP contribution in [-0.2, 0) is 0 Å². The molecule has 0 atom stereocenters. The van der Waals surface area contributed by atoms with E-state index in [1.165, 1.54) is 6.21 Å². The summed E-state index contributed by atoms with van der Waals surface area (Å²) >= 11 is 0. The summed E-state index contributed by atoms with van der Waals surface area (Å²) in [6.45, 7) is 2.98. The van der Waals surface area contributed by atoms with Gasteiger partial charge in [-0.1, -0.05) is 5.16 Å². The lowest BCUT2D eigenvalue weighted by Crippen LogP contribution is -2.16. The second-order valence-corrected chi connectivity index (χ2v) is 2.71. The highest BCUT2D eigenvalue weighted by molar-refractivity contribution is 5.78. The standard InChI is InChI=1S/C9H13N3O/c1-3-12(2)9-5-4-8(6-10-9)7-11-13/h4-7,13H,3H2,1-2H3/b11-7+. The molecule has 0 unspecified atom stereocenters. The fourth-order valence-corrected chi connectivity index (χ4v) is 0.928. The molecular weight excluding hydrogens is 166 g/mol. The van der Waals surface area contributed by atoms with Crippen molar-refractivity contribution in [1.82, 2.24) is 4.98 Å². The third kappa shape index (κ3) is 2.43. The summed E-state index contributed by atoms with van der Waals surface area (Å²) < 4.78 is 0. The summed E-state index contributed by atoms with van der Waals surface area (Å²) in [5, 5.41) is 11.2. The summed E-state index contributed by atoms with van der Waals surface area (Å²) in [7, 11) is 1.97. The van der Waals surface area contributed by atoms with E-state index in [0.29, 0.717) is 0 Å². The Kier molecular flexibility index (Phi) is 3.25. The lowest BCUT2D eigenvalue weighted by atomic mass is 10.3. The molecule has 0 amide bonds. The smallest absolute Gasteiger partial charge is 0.128 e. The summed E-state index contributed by atoms with van der Waals surface area (Å²) in [6.07, 6.45) is 3.02. The summed E-state index contributed by atoms with van der Waals surface area (Å²) in [4.78, 5) is 6.22. The van der Waals surface area contributed by atoms with Gasteiger partial charge in [-0.05, 0) is 19.1 Å². The zero-order valence-electron chi connectivity index (χ0n) is 7.81. The van der Waals surface area contributed by atoms with Crippen molar-refractivity contribution in [3.8, 4) is 0 Å². The van der Waals surface area contributed by atoms with E-state index in [2.05, 4.69) is 17.1 Å². The third-order valence-electron chi connectivity index (χ3n) is 1.84. The minimum absolute atomic E-state index is 0.788. The zero-order chi connectivity index (χ0) is 9.68. The fourth-order valence-electron chi connectivity index (χ4n) is 0.928. The molecule has 1 N–H and O–H groups in total. The van der Waals surface area contributed by atoms with E-state index in [-0.39, 0.29) is 0 Å². The van der Waals surface area contributed by atoms with Gasteiger partial charge in [0.15, 0.2) is 0 Å². The SMILES string of the molecule is CCN(C)c1ccc(/C=N/O)cn1. The Morgan fingerprint density at radius 3 is 2.85 bits per heavy atom. The van der Waals surface area contributed by atoms with Gasteiger partial charge >= 0.3 is 0 Å². The van der Waals surface area contributed by atoms with Gasteiger partial charge in [-0.3, -0.25) is 0 Å². The third-order valence-corrected chi connectivity index (χ3v) is 1.84. The van der Waals surface area contributed by atoms with Crippen molar-refractivity contribution in [2.45, 2.75) is 6.92 Å². The Labute approximate surface area is 77.5 Å². The molecule has 1 rings (SSSR count). The van der Waals surface area contributed by atoms with Crippen molar-refractivity contribution >= 4 is 12.0 Å². The number of hydrogen-bond acceptors (Lipinski definition) is 4. The Bertz CT molecular complexity index is 281. The van der Waals surface area contributed by atoms with E-state index in [0.717, 1.165) is 17.9 Å². The van der Waals surface area contributed by atoms with Crippen LogP contribution < -0.4 is 4.90 Å². The first kappa shape index (κ1) is 9.51. The van der Waals surface area contributed by atoms with Gasteiger partial charge in [0.05, 0.1) is 6.21 Å². The van der Waals surface area contributed by atoms with E-state index >= 15 is 0 Å². The van der Waals surface area contributed by atoms with Gasteiger partial charge in [0.2, 0.25) is 0 Å². The molecule has 0 saturated carbocycles. The molecule has 0 fully saturated rings. The van der Waals surface area contributed by atoms with Crippen LogP contribution in [0.15, 0.2) is 23.5 Å². The molecule has 0 radical (unpaired) electrons. The van der Waals surface area contributed by atoms with Crippen LogP contribution in [0, 0.1) is 0 Å². The van der Waals surface area contributed by atoms with Gasteiger partial charge in [-0.15, -0.1) is 0 Å². The van der Waals surface area contributed by atoms with Crippen LogP contribution >= 0.6 is 0 Å². The van der Waals surface area contributed by atoms with Gasteiger partial charge in [-0.2, -0.15) is 0 Å². The number of nitrogens with zero attached hydrogens (tertiary/aromatic N) is 3. The van der Waals surface area contributed by atoms with E-state index in [4.69, 9.17) is 5.21 Å². The van der Waals surface area contributed by atoms with Gasteiger partial charge in [-0.25, -0.2) is 4.98 Å². The topological polar surface area (TPSA) is 48.7 Å². The highest BCUT2D eigenvalue weighted by Gasteiger charge is 1.97. The van der Waals surface area contributed by atoms with Gasteiger partial charge in [0.1, 0.15) is 5.82 Å². The summed E-state index contributed by atoms with van der Waals surface area (Å²) in [5.74, 6) is 0.914. The molecule has 0 spiro atoms. The lowest BCUT2D eigenvalue weighted by Gasteiger charge is -2.14. The predicted molar refractivity (Wildman–Crippen MR) is 52.6 cm³/mol. The molecule has 1 aromatic heterocycles. The van der Waals surface area contributed by atoms with Crippen molar-refractivity contribution in [3.05, 3.63) is 23.9 Å². The molecular formula is C9H13N3O. The Hall–Kier alpha value is -1.58. The number of pyridine rings is 1. The molecule has 1 aromatic rings. The van der Waals surface area contributed by atoms with Crippen LogP contribution in [0.1, 0.15) is 12.5 Å². The predicted octanol–water partition coefficient (Wildman–Crippen LogP) is 1.35. The second kappa shape index (κ2) is 4.45. The molecule has 4 nitrogen and oxygen atoms in total. The molecule has 0 aliphatic heterocycles. The Morgan fingerprint density at radius 2 is 2.38 bits per heavy atom. The van der Waals surface area contributed by atoms with E-state index < -0.39 is 0 Å². The maximum absolute atomic E-state index is 8.28. The van der Waals surface area contributed by atoms with Crippen molar-refractivity contribution in [3.63, 3.8) is 0 Å². The molecule has 4 heteroatoms. The van der Waals surface area contributed by atoms with Crippen LogP contribution in [0.3, 0.4) is 0 Å². The fraction of sp³-hybridized carbons (Fsp3) is 0.333. The van der Waals surface area contributed by atoms with Gasteiger partial charge in [0.25, 0.3) is 0 Å². The zero-order valence-corrected chi connectivity index (χ0v) is 7.81. The number of aromatic nitrogens is 1. The van der Waals surface area contributed by atoms with Crippen LogP contribution in [0.4, 0.5) is 5.82 Å². The van der Waals surface area contributed by atoms with Crippen LogP contribution in [0.5, 0.6) is 0 Å². The minimum Gasteiger partial charge on any atom is -0.411 e. The largest absolute Gasteiger partial charge is 0.411 e. The maximum atomic E-state index is 8.28. The van der Waals surface area contributed by atoms with Crippen LogP contribution in [0.2, 0.25) is 0 Å². The molecule has 0 saturated heterocycles. The van der Waals surface area contributed by atoms with Gasteiger partial charge in [0, 0.05) is 25.4 Å². The van der Waals surface area contributed by atoms with Crippen molar-refractivity contribution in [1.29, 1.82) is 0 Å². The molecule has 13 heavy (non-hydrogen) atoms. The molecule has 0 aromatic carbocycles. The first-order valence-corrected chi connectivity index (χ1v) is 4.12. The van der Waals surface area contributed by atoms with Crippen molar-refractivity contribution in [2.24, 2.45) is 5.16 Å². The Morgan fingerprint density at radius 1 is 1.62 bits per heavy atom. The summed E-state index contributed by atoms with van der Waals surface area (Å²) in [5.41, 5.74) is 0.788. The van der Waals surface area contributed by atoms with Crippen LogP contribution in [0.25, 0.3) is 0 Å². The first-order valence-electron chi connectivity index (χ1n) is 4.12. The molecule has 0 bridgehead atoms. The highest BCUT2D eigenvalue weighted by atomic mass is 16.4. The second-order valence-electron chi connectivity index (χ2n) is 2.71. The van der Waals surface area contributed by atoms with E-state index in [1.54, 1.807) is 6.20 Å². The molecule has 0 aliphatic carbocycles. The lowest BCUT2D eigenvalue weighted by molar-refractivity contribution is 0.322. The molecule has 1 heterocycles. The number of oxime groups is 1. The maximum Gasteiger partial charge on any atom is 0.128 e. The quantitative estimate of drug-likeness (QED) is 0.433. The first-order chi connectivity index (χ1) is 6.27. The monoisotopic (exact) mass is 179 g/mol. The van der Waals surface area contributed by atoms with Crippen LogP contribution in [-0.4, -0.2) is 30.0 Å². The molecule has 70 valence electrons. The summed E-state index contributed by atoms with van der Waals surface area (Å²) in [6, 6.07) is 3.74. The normalized spacial score (nSPS) is 10.6. The van der Waals surface area contributed by atoms with Gasteiger partial charge < -0.3 is 10.1 Å². The average Bonchev–Trinajstić information content (AvgIpc) is 2.18. The number of anilines is 1. The highest BCUT2D eigenvalue weighted by Crippen LogP contribution is 2.07. The van der Waals surface area contributed by atoms with E-state index in [1.807, 2.05) is 24.1 Å². The van der Waals surface area contributed by atoms with E-state index in [9.17, 15) is 0 Å². The average molecular weight is 179 g/mol. The van der Waals surface area contributed by atoms with Crippen molar-refractivity contribution in [2.75, 3.05) is 18.5 Å². The number of rotatable bonds is 3.